The van der Waals surface area contributed by atoms with Crippen molar-refractivity contribution in [3.8, 4) is 17.2 Å². The van der Waals surface area contributed by atoms with Crippen LogP contribution in [0.3, 0.4) is 0 Å². The van der Waals surface area contributed by atoms with E-state index in [-0.39, 0.29) is 5.38 Å². The molecular formula is C16H19ClO3S. The van der Waals surface area contributed by atoms with E-state index >= 15 is 0 Å². The first kappa shape index (κ1) is 16.0. The number of hydrogen-bond acceptors (Lipinski definition) is 4. The fraction of sp³-hybridized carbons (Fsp3) is 0.375. The van der Waals surface area contributed by atoms with Crippen LogP contribution in [0.2, 0.25) is 0 Å². The van der Waals surface area contributed by atoms with Crippen LogP contribution in [0.15, 0.2) is 24.3 Å². The summed E-state index contributed by atoms with van der Waals surface area (Å²) in [7, 11) is 4.85. The number of alkyl halides is 1. The van der Waals surface area contributed by atoms with E-state index < -0.39 is 0 Å². The van der Waals surface area contributed by atoms with Crippen molar-refractivity contribution < 1.29 is 14.2 Å². The van der Waals surface area contributed by atoms with Gasteiger partial charge in [-0.15, -0.1) is 22.9 Å². The Labute approximate surface area is 134 Å². The molecule has 0 aliphatic carbocycles. The number of rotatable bonds is 6. The lowest BCUT2D eigenvalue weighted by molar-refractivity contribution is 0.369. The summed E-state index contributed by atoms with van der Waals surface area (Å²) in [5.41, 5.74) is 0.826. The van der Waals surface area contributed by atoms with Gasteiger partial charge in [-0.2, -0.15) is 0 Å². The van der Waals surface area contributed by atoms with Gasteiger partial charge < -0.3 is 14.2 Å². The zero-order valence-electron chi connectivity index (χ0n) is 12.6. The molecule has 0 fully saturated rings. The Bertz CT molecular complexity index is 584. The van der Waals surface area contributed by atoms with Crippen molar-refractivity contribution in [2.75, 3.05) is 21.3 Å². The largest absolute Gasteiger partial charge is 0.496 e. The maximum atomic E-state index is 6.67. The van der Waals surface area contributed by atoms with E-state index in [1.54, 1.807) is 32.7 Å². The molecule has 5 heteroatoms. The van der Waals surface area contributed by atoms with Gasteiger partial charge in [0.2, 0.25) is 0 Å². The summed E-state index contributed by atoms with van der Waals surface area (Å²) in [6, 6.07) is 7.81. The number of hydrogen-bond donors (Lipinski definition) is 0. The molecule has 0 amide bonds. The Balaban J connectivity index is 2.50. The van der Waals surface area contributed by atoms with E-state index in [1.165, 1.54) is 4.88 Å². The van der Waals surface area contributed by atoms with Crippen LogP contribution in [-0.2, 0) is 6.42 Å². The Hall–Kier alpha value is -1.39. The second-order valence-electron chi connectivity index (χ2n) is 4.47. The summed E-state index contributed by atoms with van der Waals surface area (Å²) in [5, 5.41) is -0.314. The first-order valence-corrected chi connectivity index (χ1v) is 7.92. The summed E-state index contributed by atoms with van der Waals surface area (Å²) in [6.45, 7) is 2.13. The topological polar surface area (TPSA) is 27.7 Å². The maximum absolute atomic E-state index is 6.67. The van der Waals surface area contributed by atoms with E-state index in [0.29, 0.717) is 17.2 Å². The highest BCUT2D eigenvalue weighted by molar-refractivity contribution is 7.12. The Morgan fingerprint density at radius 1 is 1.05 bits per heavy atom. The third-order valence-corrected chi connectivity index (χ3v) is 5.16. The number of methoxy groups -OCH3 is 3. The summed E-state index contributed by atoms with van der Waals surface area (Å²) in [6.07, 6.45) is 1.01. The van der Waals surface area contributed by atoms with Crippen molar-refractivity contribution in [3.63, 3.8) is 0 Å². The molecule has 3 nitrogen and oxygen atoms in total. The molecule has 0 aliphatic rings. The van der Waals surface area contributed by atoms with Crippen molar-refractivity contribution in [2.24, 2.45) is 0 Å². The molecule has 0 radical (unpaired) electrons. The van der Waals surface area contributed by atoms with Crippen molar-refractivity contribution >= 4 is 22.9 Å². The van der Waals surface area contributed by atoms with Crippen LogP contribution in [0.5, 0.6) is 17.2 Å². The quantitative estimate of drug-likeness (QED) is 0.722. The minimum atomic E-state index is -0.314. The highest BCUT2D eigenvalue weighted by atomic mass is 35.5. The van der Waals surface area contributed by atoms with Crippen LogP contribution >= 0.6 is 22.9 Å². The summed E-state index contributed by atoms with van der Waals surface area (Å²) < 4.78 is 16.2. The van der Waals surface area contributed by atoms with Gasteiger partial charge >= 0.3 is 0 Å². The van der Waals surface area contributed by atoms with Gasteiger partial charge in [-0.05, 0) is 18.6 Å². The van der Waals surface area contributed by atoms with Gasteiger partial charge in [0.25, 0.3) is 0 Å². The predicted octanol–water partition coefficient (Wildman–Crippen LogP) is 4.66. The molecule has 0 spiro atoms. The molecule has 1 aromatic heterocycles. The molecule has 114 valence electrons. The molecule has 1 heterocycles. The molecule has 0 saturated carbocycles. The molecule has 2 rings (SSSR count). The summed E-state index contributed by atoms with van der Waals surface area (Å²) >= 11 is 8.38. The zero-order chi connectivity index (χ0) is 15.4. The molecule has 21 heavy (non-hydrogen) atoms. The lowest BCUT2D eigenvalue weighted by Crippen LogP contribution is -2.01. The van der Waals surface area contributed by atoms with Crippen LogP contribution in [0.1, 0.15) is 27.6 Å². The molecular weight excluding hydrogens is 308 g/mol. The number of thiophene rings is 1. The molecule has 0 N–H and O–H groups in total. The van der Waals surface area contributed by atoms with Crippen LogP contribution in [0.25, 0.3) is 0 Å². The number of ether oxygens (including phenoxy) is 3. The Morgan fingerprint density at radius 2 is 1.67 bits per heavy atom. The predicted molar refractivity (Wildman–Crippen MR) is 87.5 cm³/mol. The van der Waals surface area contributed by atoms with Crippen LogP contribution < -0.4 is 14.2 Å². The molecule has 1 unspecified atom stereocenters. The SMILES string of the molecule is CCc1ccc(C(Cl)c2c(OC)cc(OC)cc2OC)s1. The first-order chi connectivity index (χ1) is 10.1. The van der Waals surface area contributed by atoms with Gasteiger partial charge in [-0.1, -0.05) is 6.92 Å². The number of benzene rings is 1. The Morgan fingerprint density at radius 3 is 2.10 bits per heavy atom. The van der Waals surface area contributed by atoms with E-state index in [2.05, 4.69) is 19.1 Å². The van der Waals surface area contributed by atoms with Crippen LogP contribution in [0.4, 0.5) is 0 Å². The van der Waals surface area contributed by atoms with Gasteiger partial charge in [-0.3, -0.25) is 0 Å². The van der Waals surface area contributed by atoms with Crippen molar-refractivity contribution in [3.05, 3.63) is 39.6 Å². The zero-order valence-corrected chi connectivity index (χ0v) is 14.2. The maximum Gasteiger partial charge on any atom is 0.131 e. The third-order valence-electron chi connectivity index (χ3n) is 3.29. The van der Waals surface area contributed by atoms with Crippen molar-refractivity contribution in [1.82, 2.24) is 0 Å². The normalized spacial score (nSPS) is 12.0. The Kier molecular flexibility index (Phi) is 5.37. The standard InChI is InChI=1S/C16H19ClO3S/c1-5-11-6-7-14(21-11)16(17)15-12(19-3)8-10(18-2)9-13(15)20-4/h6-9,16H,5H2,1-4H3. The monoisotopic (exact) mass is 326 g/mol. The highest BCUT2D eigenvalue weighted by Crippen LogP contribution is 2.45. The van der Waals surface area contributed by atoms with Gasteiger partial charge in [0.1, 0.15) is 17.2 Å². The molecule has 1 aromatic carbocycles. The van der Waals surface area contributed by atoms with E-state index in [9.17, 15) is 0 Å². The first-order valence-electron chi connectivity index (χ1n) is 6.67. The molecule has 0 bridgehead atoms. The second-order valence-corrected chi connectivity index (χ2v) is 6.10. The van der Waals surface area contributed by atoms with Crippen LogP contribution in [-0.4, -0.2) is 21.3 Å². The van der Waals surface area contributed by atoms with Crippen LogP contribution in [0, 0.1) is 0 Å². The molecule has 0 aliphatic heterocycles. The lowest BCUT2D eigenvalue weighted by atomic mass is 10.1. The van der Waals surface area contributed by atoms with Gasteiger partial charge in [0, 0.05) is 21.9 Å². The minimum absolute atomic E-state index is 0.314. The number of halogens is 1. The van der Waals surface area contributed by atoms with Gasteiger partial charge in [-0.25, -0.2) is 0 Å². The van der Waals surface area contributed by atoms with E-state index in [4.69, 9.17) is 25.8 Å². The smallest absolute Gasteiger partial charge is 0.131 e. The second kappa shape index (κ2) is 7.05. The van der Waals surface area contributed by atoms with Crippen molar-refractivity contribution in [1.29, 1.82) is 0 Å². The molecule has 2 aromatic rings. The van der Waals surface area contributed by atoms with E-state index in [1.807, 2.05) is 12.1 Å². The fourth-order valence-corrected chi connectivity index (χ4v) is 3.51. The lowest BCUT2D eigenvalue weighted by Gasteiger charge is -2.18. The third kappa shape index (κ3) is 3.27. The minimum Gasteiger partial charge on any atom is -0.496 e. The summed E-state index contributed by atoms with van der Waals surface area (Å²) in [5.74, 6) is 2.01. The van der Waals surface area contributed by atoms with E-state index in [0.717, 1.165) is 16.9 Å². The molecule has 1 atom stereocenters. The average molecular weight is 327 g/mol. The van der Waals surface area contributed by atoms with Gasteiger partial charge in [0.05, 0.1) is 32.3 Å². The highest BCUT2D eigenvalue weighted by Gasteiger charge is 2.23. The number of aryl methyl sites for hydroxylation is 1. The van der Waals surface area contributed by atoms with Gasteiger partial charge in [0.15, 0.2) is 0 Å². The summed E-state index contributed by atoms with van der Waals surface area (Å²) in [4.78, 5) is 2.39. The average Bonchev–Trinajstić information content (AvgIpc) is 3.01. The molecule has 0 saturated heterocycles. The van der Waals surface area contributed by atoms with Crippen molar-refractivity contribution in [2.45, 2.75) is 18.7 Å². The fourth-order valence-electron chi connectivity index (χ4n) is 2.15.